The van der Waals surface area contributed by atoms with Gasteiger partial charge in [-0.25, -0.2) is 0 Å². The van der Waals surface area contributed by atoms with Crippen LogP contribution in [0.25, 0.3) is 11.1 Å². The van der Waals surface area contributed by atoms with E-state index in [4.69, 9.17) is 0 Å². The first-order valence-electron chi connectivity index (χ1n) is 7.15. The van der Waals surface area contributed by atoms with Crippen LogP contribution >= 0.6 is 0 Å². The number of phenolic OH excluding ortho intramolecular Hbond substituents is 1. The Labute approximate surface area is 130 Å². The standard InChI is InChI=1S/C18H19NO3/c1-4-18(22)19(3)15-9-10-16(17(21)11-15)14-7-5-13(6-8-14)12(2)20/h5-11,21H,4H2,1-3H3. The maximum Gasteiger partial charge on any atom is 0.226 e. The summed E-state index contributed by atoms with van der Waals surface area (Å²) in [5, 5.41) is 10.2. The molecule has 114 valence electrons. The molecular formula is C18H19NO3. The third kappa shape index (κ3) is 3.17. The van der Waals surface area contributed by atoms with Crippen LogP contribution < -0.4 is 4.90 Å². The van der Waals surface area contributed by atoms with Gasteiger partial charge in [0.1, 0.15) is 5.75 Å². The molecule has 0 aliphatic carbocycles. The van der Waals surface area contributed by atoms with E-state index in [-0.39, 0.29) is 17.4 Å². The highest BCUT2D eigenvalue weighted by atomic mass is 16.3. The molecule has 2 aromatic rings. The normalized spacial score (nSPS) is 10.3. The van der Waals surface area contributed by atoms with Gasteiger partial charge in [0.25, 0.3) is 0 Å². The summed E-state index contributed by atoms with van der Waals surface area (Å²) in [6.07, 6.45) is 0.408. The van der Waals surface area contributed by atoms with Crippen molar-refractivity contribution in [3.05, 3.63) is 48.0 Å². The van der Waals surface area contributed by atoms with Crippen molar-refractivity contribution in [3.63, 3.8) is 0 Å². The van der Waals surface area contributed by atoms with Crippen molar-refractivity contribution < 1.29 is 14.7 Å². The number of nitrogens with zero attached hydrogens (tertiary/aromatic N) is 1. The average Bonchev–Trinajstić information content (AvgIpc) is 2.53. The molecule has 4 nitrogen and oxygen atoms in total. The van der Waals surface area contributed by atoms with Crippen LogP contribution in [-0.4, -0.2) is 23.8 Å². The van der Waals surface area contributed by atoms with Gasteiger partial charge >= 0.3 is 0 Å². The quantitative estimate of drug-likeness (QED) is 0.877. The van der Waals surface area contributed by atoms with Gasteiger partial charge in [0.2, 0.25) is 5.91 Å². The predicted octanol–water partition coefficient (Wildman–Crippen LogP) is 3.63. The van der Waals surface area contributed by atoms with Crippen LogP contribution in [0.2, 0.25) is 0 Å². The minimum atomic E-state index is -0.0158. The summed E-state index contributed by atoms with van der Waals surface area (Å²) in [5.41, 5.74) is 2.76. The Bertz CT molecular complexity index is 705. The highest BCUT2D eigenvalue weighted by molar-refractivity contribution is 5.95. The van der Waals surface area contributed by atoms with Gasteiger partial charge < -0.3 is 10.0 Å². The zero-order chi connectivity index (χ0) is 16.3. The van der Waals surface area contributed by atoms with Crippen LogP contribution in [0.5, 0.6) is 5.75 Å². The van der Waals surface area contributed by atoms with Crippen molar-refractivity contribution in [3.8, 4) is 16.9 Å². The van der Waals surface area contributed by atoms with E-state index in [1.807, 2.05) is 0 Å². The lowest BCUT2D eigenvalue weighted by atomic mass is 10.0. The Morgan fingerprint density at radius 2 is 1.73 bits per heavy atom. The number of carbonyl (C=O) groups is 2. The SMILES string of the molecule is CCC(=O)N(C)c1ccc(-c2ccc(C(C)=O)cc2)c(O)c1. The van der Waals surface area contributed by atoms with E-state index in [0.29, 0.717) is 23.2 Å². The number of amides is 1. The first kappa shape index (κ1) is 15.8. The lowest BCUT2D eigenvalue weighted by molar-refractivity contribution is -0.118. The van der Waals surface area contributed by atoms with Gasteiger partial charge in [-0.05, 0) is 24.6 Å². The molecule has 22 heavy (non-hydrogen) atoms. The number of Topliss-reactive ketones (excluding diaryl/α,β-unsaturated/α-hetero) is 1. The molecule has 2 aromatic carbocycles. The molecular weight excluding hydrogens is 278 g/mol. The predicted molar refractivity (Wildman–Crippen MR) is 87.2 cm³/mol. The van der Waals surface area contributed by atoms with Crippen LogP contribution in [0.15, 0.2) is 42.5 Å². The van der Waals surface area contributed by atoms with E-state index < -0.39 is 0 Å². The van der Waals surface area contributed by atoms with Crippen molar-refractivity contribution in [1.29, 1.82) is 0 Å². The van der Waals surface area contributed by atoms with Gasteiger partial charge in [0.05, 0.1) is 0 Å². The summed E-state index contributed by atoms with van der Waals surface area (Å²) in [4.78, 5) is 24.5. The topological polar surface area (TPSA) is 57.6 Å². The summed E-state index contributed by atoms with van der Waals surface area (Å²) in [7, 11) is 1.68. The molecule has 0 aliphatic heterocycles. The second kappa shape index (κ2) is 6.43. The highest BCUT2D eigenvalue weighted by Crippen LogP contribution is 2.32. The summed E-state index contributed by atoms with van der Waals surface area (Å²) in [5.74, 6) is 0.0904. The molecule has 0 aliphatic rings. The molecule has 0 bridgehead atoms. The van der Waals surface area contributed by atoms with Crippen molar-refractivity contribution >= 4 is 17.4 Å². The summed E-state index contributed by atoms with van der Waals surface area (Å²) >= 11 is 0. The lowest BCUT2D eigenvalue weighted by Crippen LogP contribution is -2.24. The summed E-state index contributed by atoms with van der Waals surface area (Å²) in [6, 6.07) is 12.2. The minimum Gasteiger partial charge on any atom is -0.507 e. The fourth-order valence-electron chi connectivity index (χ4n) is 2.24. The van der Waals surface area contributed by atoms with Gasteiger partial charge in [0, 0.05) is 36.3 Å². The number of hydrogen-bond donors (Lipinski definition) is 1. The molecule has 0 saturated carbocycles. The first-order chi connectivity index (χ1) is 10.4. The highest BCUT2D eigenvalue weighted by Gasteiger charge is 2.12. The van der Waals surface area contributed by atoms with Crippen LogP contribution in [0.1, 0.15) is 30.6 Å². The molecule has 0 radical (unpaired) electrons. The Morgan fingerprint density at radius 1 is 1.09 bits per heavy atom. The molecule has 0 unspecified atom stereocenters. The largest absolute Gasteiger partial charge is 0.507 e. The summed E-state index contributed by atoms with van der Waals surface area (Å²) < 4.78 is 0. The molecule has 1 N–H and O–H groups in total. The van der Waals surface area contributed by atoms with Gasteiger partial charge in [-0.1, -0.05) is 31.2 Å². The Kier molecular flexibility index (Phi) is 4.61. The van der Waals surface area contributed by atoms with Crippen molar-refractivity contribution in [2.24, 2.45) is 0 Å². The first-order valence-corrected chi connectivity index (χ1v) is 7.15. The molecule has 0 atom stereocenters. The second-order valence-corrected chi connectivity index (χ2v) is 5.14. The fraction of sp³-hybridized carbons (Fsp3) is 0.222. The number of hydrogen-bond acceptors (Lipinski definition) is 3. The average molecular weight is 297 g/mol. The number of anilines is 1. The molecule has 2 rings (SSSR count). The zero-order valence-electron chi connectivity index (χ0n) is 13.0. The molecule has 1 amide bonds. The Hall–Kier alpha value is -2.62. The minimum absolute atomic E-state index is 0.00539. The van der Waals surface area contributed by atoms with E-state index in [1.54, 1.807) is 56.4 Å². The molecule has 0 saturated heterocycles. The van der Waals surface area contributed by atoms with Crippen LogP contribution in [0, 0.1) is 0 Å². The third-order valence-corrected chi connectivity index (χ3v) is 3.65. The van der Waals surface area contributed by atoms with Crippen molar-refractivity contribution in [2.75, 3.05) is 11.9 Å². The maximum atomic E-state index is 11.7. The number of benzene rings is 2. The van der Waals surface area contributed by atoms with E-state index in [9.17, 15) is 14.7 Å². The molecule has 0 spiro atoms. The van der Waals surface area contributed by atoms with Gasteiger partial charge in [-0.15, -0.1) is 0 Å². The zero-order valence-corrected chi connectivity index (χ0v) is 13.0. The smallest absolute Gasteiger partial charge is 0.226 e. The van der Waals surface area contributed by atoms with E-state index in [1.165, 1.54) is 11.8 Å². The number of aromatic hydroxyl groups is 1. The molecule has 0 heterocycles. The number of ketones is 1. The molecule has 0 fully saturated rings. The van der Waals surface area contributed by atoms with Crippen molar-refractivity contribution in [1.82, 2.24) is 0 Å². The fourth-order valence-corrected chi connectivity index (χ4v) is 2.24. The van der Waals surface area contributed by atoms with Crippen LogP contribution in [0.3, 0.4) is 0 Å². The third-order valence-electron chi connectivity index (χ3n) is 3.65. The lowest BCUT2D eigenvalue weighted by Gasteiger charge is -2.17. The van der Waals surface area contributed by atoms with Crippen LogP contribution in [0.4, 0.5) is 5.69 Å². The van der Waals surface area contributed by atoms with Gasteiger partial charge in [0.15, 0.2) is 5.78 Å². The van der Waals surface area contributed by atoms with Crippen molar-refractivity contribution in [2.45, 2.75) is 20.3 Å². The second-order valence-electron chi connectivity index (χ2n) is 5.14. The monoisotopic (exact) mass is 297 g/mol. The van der Waals surface area contributed by atoms with Crippen LogP contribution in [-0.2, 0) is 4.79 Å². The number of rotatable bonds is 4. The van der Waals surface area contributed by atoms with E-state index in [0.717, 1.165) is 5.56 Å². The Morgan fingerprint density at radius 3 is 2.23 bits per heavy atom. The maximum absolute atomic E-state index is 11.7. The molecule has 4 heteroatoms. The van der Waals surface area contributed by atoms with Gasteiger partial charge in [-0.3, -0.25) is 9.59 Å². The van der Waals surface area contributed by atoms with Gasteiger partial charge in [-0.2, -0.15) is 0 Å². The molecule has 0 aromatic heterocycles. The Balaban J connectivity index is 2.33. The van der Waals surface area contributed by atoms with E-state index >= 15 is 0 Å². The number of carbonyl (C=O) groups excluding carboxylic acids is 2. The number of phenols is 1. The summed E-state index contributed by atoms with van der Waals surface area (Å²) in [6.45, 7) is 3.31. The van der Waals surface area contributed by atoms with E-state index in [2.05, 4.69) is 0 Å².